The molecule has 0 saturated heterocycles. The van der Waals surface area contributed by atoms with Gasteiger partial charge in [0.15, 0.2) is 0 Å². The van der Waals surface area contributed by atoms with Gasteiger partial charge in [-0.1, -0.05) is 0 Å². The molecule has 0 rings (SSSR count). The zero-order valence-corrected chi connectivity index (χ0v) is 6.91. The van der Waals surface area contributed by atoms with Crippen LogP contribution in [0, 0.1) is 5.92 Å². The van der Waals surface area contributed by atoms with Gasteiger partial charge < -0.3 is 14.8 Å². The molecule has 0 spiro atoms. The number of aliphatic hydroxyl groups is 2. The fourth-order valence-electron chi connectivity index (χ4n) is 0.557. The molecule has 0 saturated carbocycles. The van der Waals surface area contributed by atoms with Crippen LogP contribution in [-0.2, 0) is 15.5 Å². The predicted molar refractivity (Wildman–Crippen MR) is 37.1 cm³/mol. The standard InChI is InChI=1S/C5H12O5S/c1-4(10-11(8)9)5(2-6)3-7/h4-7H,2-3H2,1H3,(H,8,9)/p-1. The van der Waals surface area contributed by atoms with Gasteiger partial charge in [-0.2, -0.15) is 0 Å². The number of hydrogen-bond donors (Lipinski definition) is 2. The lowest BCUT2D eigenvalue weighted by Crippen LogP contribution is -2.27. The Morgan fingerprint density at radius 2 is 2.00 bits per heavy atom. The Morgan fingerprint density at radius 1 is 1.55 bits per heavy atom. The first-order valence-corrected chi connectivity index (χ1v) is 4.10. The van der Waals surface area contributed by atoms with Gasteiger partial charge in [-0.25, -0.2) is 4.21 Å². The molecule has 6 heteroatoms. The highest BCUT2D eigenvalue weighted by Gasteiger charge is 2.16. The van der Waals surface area contributed by atoms with Crippen LogP contribution in [0.5, 0.6) is 0 Å². The summed E-state index contributed by atoms with van der Waals surface area (Å²) in [5.41, 5.74) is 0. The van der Waals surface area contributed by atoms with Crippen molar-refractivity contribution in [1.29, 1.82) is 0 Å². The molecule has 0 aromatic carbocycles. The van der Waals surface area contributed by atoms with Gasteiger partial charge in [0, 0.05) is 5.92 Å². The van der Waals surface area contributed by atoms with Crippen molar-refractivity contribution in [3.8, 4) is 0 Å². The molecule has 0 bridgehead atoms. The molecule has 68 valence electrons. The lowest BCUT2D eigenvalue weighted by atomic mass is 10.1. The van der Waals surface area contributed by atoms with Crippen molar-refractivity contribution in [2.45, 2.75) is 13.0 Å². The summed E-state index contributed by atoms with van der Waals surface area (Å²) < 4.78 is 24.2. The van der Waals surface area contributed by atoms with Gasteiger partial charge >= 0.3 is 0 Å². The Balaban J connectivity index is 3.78. The van der Waals surface area contributed by atoms with Crippen molar-refractivity contribution in [1.82, 2.24) is 0 Å². The van der Waals surface area contributed by atoms with E-state index in [4.69, 9.17) is 10.2 Å². The summed E-state index contributed by atoms with van der Waals surface area (Å²) in [6.45, 7) is 0.872. The summed E-state index contributed by atoms with van der Waals surface area (Å²) in [6, 6.07) is 0. The molecule has 2 N–H and O–H groups in total. The molecular formula is C5H11O5S-. The molecule has 0 amide bonds. The minimum absolute atomic E-state index is 0.297. The Kier molecular flexibility index (Phi) is 5.61. The molecule has 0 radical (unpaired) electrons. The largest absolute Gasteiger partial charge is 0.750 e. The molecular weight excluding hydrogens is 172 g/mol. The van der Waals surface area contributed by atoms with E-state index in [2.05, 4.69) is 4.18 Å². The van der Waals surface area contributed by atoms with Gasteiger partial charge in [0.05, 0.1) is 30.7 Å². The first kappa shape index (κ1) is 11.0. The number of rotatable bonds is 5. The Bertz CT molecular complexity index is 124. The second-order valence-electron chi connectivity index (χ2n) is 2.13. The molecule has 0 aliphatic heterocycles. The maximum absolute atomic E-state index is 9.96. The minimum Gasteiger partial charge on any atom is -0.750 e. The smallest absolute Gasteiger partial charge is 0.0844 e. The first-order chi connectivity index (χ1) is 5.11. The highest BCUT2D eigenvalue weighted by molar-refractivity contribution is 7.74. The third kappa shape index (κ3) is 4.44. The summed E-state index contributed by atoms with van der Waals surface area (Å²) >= 11 is -2.59. The van der Waals surface area contributed by atoms with Crippen LogP contribution in [0.15, 0.2) is 0 Å². The summed E-state index contributed by atoms with van der Waals surface area (Å²) in [6.07, 6.45) is -0.691. The van der Waals surface area contributed by atoms with E-state index < -0.39 is 23.4 Å². The van der Waals surface area contributed by atoms with Crippen LogP contribution in [0.1, 0.15) is 6.92 Å². The molecule has 11 heavy (non-hydrogen) atoms. The molecule has 0 fully saturated rings. The first-order valence-electron chi connectivity index (χ1n) is 3.10. The Labute approximate surface area is 67.5 Å². The predicted octanol–water partition coefficient (Wildman–Crippen LogP) is -1.21. The molecule has 0 aliphatic carbocycles. The third-order valence-corrected chi connectivity index (χ3v) is 1.82. The molecule has 0 heterocycles. The van der Waals surface area contributed by atoms with Crippen molar-refractivity contribution >= 4 is 11.4 Å². The fraction of sp³-hybridized carbons (Fsp3) is 1.00. The molecule has 0 aliphatic rings. The summed E-state index contributed by atoms with van der Waals surface area (Å²) in [5.74, 6) is -0.548. The maximum Gasteiger partial charge on any atom is 0.0844 e. The zero-order chi connectivity index (χ0) is 8.85. The second kappa shape index (κ2) is 5.62. The van der Waals surface area contributed by atoms with E-state index in [1.807, 2.05) is 0 Å². The Morgan fingerprint density at radius 3 is 2.27 bits per heavy atom. The van der Waals surface area contributed by atoms with Gasteiger partial charge in [0.1, 0.15) is 0 Å². The molecule has 2 atom stereocenters. The fourth-order valence-corrected chi connectivity index (χ4v) is 0.962. The summed E-state index contributed by atoms with van der Waals surface area (Å²) in [5, 5.41) is 17.1. The minimum atomic E-state index is -2.59. The van der Waals surface area contributed by atoms with Gasteiger partial charge in [-0.3, -0.25) is 4.18 Å². The summed E-state index contributed by atoms with van der Waals surface area (Å²) in [7, 11) is 0. The van der Waals surface area contributed by atoms with Crippen LogP contribution >= 0.6 is 0 Å². The van der Waals surface area contributed by atoms with Crippen LogP contribution in [0.4, 0.5) is 0 Å². The highest BCUT2D eigenvalue weighted by atomic mass is 32.2. The van der Waals surface area contributed by atoms with Crippen molar-refractivity contribution in [2.24, 2.45) is 5.92 Å². The quantitative estimate of drug-likeness (QED) is 0.522. The van der Waals surface area contributed by atoms with Crippen LogP contribution in [0.2, 0.25) is 0 Å². The molecule has 5 nitrogen and oxygen atoms in total. The molecule has 2 unspecified atom stereocenters. The highest BCUT2D eigenvalue weighted by Crippen LogP contribution is 2.06. The van der Waals surface area contributed by atoms with E-state index in [0.717, 1.165) is 0 Å². The van der Waals surface area contributed by atoms with E-state index in [0.29, 0.717) is 0 Å². The monoisotopic (exact) mass is 183 g/mol. The Hall–Kier alpha value is -0.0100. The van der Waals surface area contributed by atoms with Crippen LogP contribution < -0.4 is 0 Å². The SMILES string of the molecule is CC(OS(=O)[O-])C(CO)CO. The van der Waals surface area contributed by atoms with Crippen LogP contribution in [0.3, 0.4) is 0 Å². The summed E-state index contributed by atoms with van der Waals surface area (Å²) in [4.78, 5) is 0. The van der Waals surface area contributed by atoms with Gasteiger partial charge in [0.25, 0.3) is 0 Å². The molecule has 0 aromatic heterocycles. The van der Waals surface area contributed by atoms with E-state index in [9.17, 15) is 8.76 Å². The topological polar surface area (TPSA) is 89.8 Å². The second-order valence-corrected chi connectivity index (χ2v) is 2.73. The molecule has 0 aromatic rings. The average molecular weight is 183 g/mol. The van der Waals surface area contributed by atoms with Crippen molar-refractivity contribution < 1.29 is 23.2 Å². The van der Waals surface area contributed by atoms with E-state index >= 15 is 0 Å². The van der Waals surface area contributed by atoms with Gasteiger partial charge in [-0.05, 0) is 6.92 Å². The number of aliphatic hydroxyl groups excluding tert-OH is 2. The van der Waals surface area contributed by atoms with Crippen molar-refractivity contribution in [3.63, 3.8) is 0 Å². The van der Waals surface area contributed by atoms with Crippen molar-refractivity contribution in [2.75, 3.05) is 13.2 Å². The lowest BCUT2D eigenvalue weighted by molar-refractivity contribution is 0.0593. The van der Waals surface area contributed by atoms with E-state index in [1.165, 1.54) is 6.92 Å². The van der Waals surface area contributed by atoms with Crippen LogP contribution in [0.25, 0.3) is 0 Å². The zero-order valence-electron chi connectivity index (χ0n) is 6.10. The van der Waals surface area contributed by atoms with Gasteiger partial charge in [0.2, 0.25) is 0 Å². The third-order valence-electron chi connectivity index (χ3n) is 1.36. The van der Waals surface area contributed by atoms with Crippen LogP contribution in [-0.4, -0.2) is 38.3 Å². The average Bonchev–Trinajstić information content (AvgIpc) is 1.88. The van der Waals surface area contributed by atoms with E-state index in [-0.39, 0.29) is 13.2 Å². The maximum atomic E-state index is 9.96. The van der Waals surface area contributed by atoms with E-state index in [1.54, 1.807) is 0 Å². The normalized spacial score (nSPS) is 16.8. The lowest BCUT2D eigenvalue weighted by Gasteiger charge is -2.20. The number of hydrogen-bond acceptors (Lipinski definition) is 5. The van der Waals surface area contributed by atoms with Gasteiger partial charge in [-0.15, -0.1) is 0 Å². The van der Waals surface area contributed by atoms with Crippen molar-refractivity contribution in [3.05, 3.63) is 0 Å².